The number of nitrogens with one attached hydrogen (secondary N) is 2. The van der Waals surface area contributed by atoms with E-state index < -0.39 is 0 Å². The third-order valence-electron chi connectivity index (χ3n) is 3.92. The molecule has 0 spiro atoms. The van der Waals surface area contributed by atoms with Crippen LogP contribution in [-0.4, -0.2) is 35.4 Å². The van der Waals surface area contributed by atoms with E-state index >= 15 is 0 Å². The zero-order valence-electron chi connectivity index (χ0n) is 14.9. The molecule has 0 fully saturated rings. The SMILES string of the molecule is CC(=O)Nc1cccc(Cn2ncc3cnc(Nc4cnn(C)c4)nc32)c1. The summed E-state index contributed by atoms with van der Waals surface area (Å²) in [6.07, 6.45) is 7.02. The van der Waals surface area contributed by atoms with Crippen LogP contribution in [0.15, 0.2) is 49.1 Å². The Balaban J connectivity index is 1.60. The second-order valence-electron chi connectivity index (χ2n) is 6.18. The van der Waals surface area contributed by atoms with Gasteiger partial charge in [0, 0.05) is 32.1 Å². The van der Waals surface area contributed by atoms with Gasteiger partial charge in [-0.1, -0.05) is 12.1 Å². The maximum Gasteiger partial charge on any atom is 0.229 e. The Morgan fingerprint density at radius 2 is 2.04 bits per heavy atom. The number of aromatic nitrogens is 6. The molecule has 3 aromatic heterocycles. The number of amides is 1. The van der Waals surface area contributed by atoms with Crippen LogP contribution in [0, 0.1) is 0 Å². The van der Waals surface area contributed by atoms with Crippen LogP contribution < -0.4 is 10.6 Å². The molecule has 4 rings (SSSR count). The van der Waals surface area contributed by atoms with Crippen LogP contribution in [0.4, 0.5) is 17.3 Å². The van der Waals surface area contributed by atoms with Crippen LogP contribution in [0.5, 0.6) is 0 Å². The van der Waals surface area contributed by atoms with Gasteiger partial charge in [-0.25, -0.2) is 9.67 Å². The quantitative estimate of drug-likeness (QED) is 0.565. The molecule has 0 aliphatic carbocycles. The Hall–Kier alpha value is -3.75. The lowest BCUT2D eigenvalue weighted by Gasteiger charge is -2.07. The topological polar surface area (TPSA) is 103 Å². The van der Waals surface area contributed by atoms with E-state index in [2.05, 4.69) is 30.8 Å². The highest BCUT2D eigenvalue weighted by Crippen LogP contribution is 2.18. The number of carbonyl (C=O) groups excluding carboxylic acids is 1. The molecular weight excluding hydrogens is 344 g/mol. The molecule has 1 aromatic carbocycles. The van der Waals surface area contributed by atoms with Gasteiger partial charge in [0.05, 0.1) is 30.0 Å². The van der Waals surface area contributed by atoms with Gasteiger partial charge in [0.25, 0.3) is 0 Å². The van der Waals surface area contributed by atoms with E-state index in [1.54, 1.807) is 28.0 Å². The summed E-state index contributed by atoms with van der Waals surface area (Å²) in [5, 5.41) is 15.3. The molecule has 3 heterocycles. The van der Waals surface area contributed by atoms with Gasteiger partial charge in [0.15, 0.2) is 5.65 Å². The lowest BCUT2D eigenvalue weighted by Crippen LogP contribution is -2.07. The number of hydrogen-bond acceptors (Lipinski definition) is 6. The molecule has 0 saturated carbocycles. The molecule has 136 valence electrons. The number of aryl methyl sites for hydroxylation is 1. The van der Waals surface area contributed by atoms with Crippen molar-refractivity contribution >= 4 is 34.3 Å². The average molecular weight is 362 g/mol. The Bertz CT molecular complexity index is 1110. The summed E-state index contributed by atoms with van der Waals surface area (Å²) in [6, 6.07) is 7.65. The Labute approximate surface area is 155 Å². The highest BCUT2D eigenvalue weighted by molar-refractivity contribution is 5.88. The van der Waals surface area contributed by atoms with Gasteiger partial charge in [-0.05, 0) is 17.7 Å². The van der Waals surface area contributed by atoms with Gasteiger partial charge in [-0.3, -0.25) is 9.48 Å². The first-order valence-corrected chi connectivity index (χ1v) is 8.37. The molecule has 0 aliphatic rings. The summed E-state index contributed by atoms with van der Waals surface area (Å²) in [5.74, 6) is 0.375. The summed E-state index contributed by atoms with van der Waals surface area (Å²) < 4.78 is 3.51. The van der Waals surface area contributed by atoms with Crippen molar-refractivity contribution in [1.82, 2.24) is 29.5 Å². The van der Waals surface area contributed by atoms with Crippen molar-refractivity contribution < 1.29 is 4.79 Å². The monoisotopic (exact) mass is 362 g/mol. The molecule has 2 N–H and O–H groups in total. The third kappa shape index (κ3) is 3.76. The van der Waals surface area contributed by atoms with Crippen LogP contribution >= 0.6 is 0 Å². The van der Waals surface area contributed by atoms with E-state index in [4.69, 9.17) is 0 Å². The van der Waals surface area contributed by atoms with Crippen LogP contribution in [0.25, 0.3) is 11.0 Å². The summed E-state index contributed by atoms with van der Waals surface area (Å²) in [4.78, 5) is 20.1. The number of fused-ring (bicyclic) bond motifs is 1. The van der Waals surface area contributed by atoms with E-state index in [0.29, 0.717) is 12.5 Å². The lowest BCUT2D eigenvalue weighted by atomic mass is 10.2. The molecular formula is C18H18N8O. The van der Waals surface area contributed by atoms with Gasteiger partial charge in [-0.15, -0.1) is 0 Å². The minimum atomic E-state index is -0.101. The van der Waals surface area contributed by atoms with Crippen molar-refractivity contribution in [2.24, 2.45) is 7.05 Å². The zero-order chi connectivity index (χ0) is 18.8. The fourth-order valence-electron chi connectivity index (χ4n) is 2.78. The summed E-state index contributed by atoms with van der Waals surface area (Å²) in [6.45, 7) is 2.02. The number of rotatable bonds is 5. The number of nitrogens with zero attached hydrogens (tertiary/aromatic N) is 6. The molecule has 0 bridgehead atoms. The highest BCUT2D eigenvalue weighted by Gasteiger charge is 2.09. The van der Waals surface area contributed by atoms with Gasteiger partial charge in [0.2, 0.25) is 11.9 Å². The molecule has 0 atom stereocenters. The fourth-order valence-corrected chi connectivity index (χ4v) is 2.78. The minimum Gasteiger partial charge on any atom is -0.326 e. The first-order chi connectivity index (χ1) is 13.1. The maximum absolute atomic E-state index is 11.2. The molecule has 0 saturated heterocycles. The maximum atomic E-state index is 11.2. The average Bonchev–Trinajstić information content (AvgIpc) is 3.21. The second kappa shape index (κ2) is 6.87. The fraction of sp³-hybridized carbons (Fsp3) is 0.167. The lowest BCUT2D eigenvalue weighted by molar-refractivity contribution is -0.114. The van der Waals surface area contributed by atoms with Gasteiger partial charge in [-0.2, -0.15) is 15.2 Å². The van der Waals surface area contributed by atoms with E-state index in [1.807, 2.05) is 37.5 Å². The number of carbonyl (C=O) groups is 1. The number of hydrogen-bond donors (Lipinski definition) is 2. The molecule has 27 heavy (non-hydrogen) atoms. The molecule has 9 heteroatoms. The predicted octanol–water partition coefficient (Wildman–Crippen LogP) is 2.31. The largest absolute Gasteiger partial charge is 0.326 e. The molecule has 4 aromatic rings. The van der Waals surface area contributed by atoms with Crippen molar-refractivity contribution in [1.29, 1.82) is 0 Å². The molecule has 9 nitrogen and oxygen atoms in total. The number of anilines is 3. The highest BCUT2D eigenvalue weighted by atomic mass is 16.1. The van der Waals surface area contributed by atoms with Crippen molar-refractivity contribution in [3.63, 3.8) is 0 Å². The van der Waals surface area contributed by atoms with Crippen molar-refractivity contribution in [3.05, 3.63) is 54.6 Å². The normalized spacial score (nSPS) is 10.9. The van der Waals surface area contributed by atoms with E-state index in [1.165, 1.54) is 6.92 Å². The molecule has 0 unspecified atom stereocenters. The van der Waals surface area contributed by atoms with E-state index in [0.717, 1.165) is 28.0 Å². The van der Waals surface area contributed by atoms with E-state index in [-0.39, 0.29) is 5.91 Å². The van der Waals surface area contributed by atoms with Crippen molar-refractivity contribution in [3.8, 4) is 0 Å². The summed E-state index contributed by atoms with van der Waals surface area (Å²) in [5.41, 5.74) is 3.30. The Morgan fingerprint density at radius 3 is 2.81 bits per heavy atom. The zero-order valence-corrected chi connectivity index (χ0v) is 14.9. The van der Waals surface area contributed by atoms with Crippen molar-refractivity contribution in [2.45, 2.75) is 13.5 Å². The van der Waals surface area contributed by atoms with Gasteiger partial charge in [0.1, 0.15) is 0 Å². The number of benzene rings is 1. The third-order valence-corrected chi connectivity index (χ3v) is 3.92. The van der Waals surface area contributed by atoms with Crippen molar-refractivity contribution in [2.75, 3.05) is 10.6 Å². The summed E-state index contributed by atoms with van der Waals surface area (Å²) >= 11 is 0. The van der Waals surface area contributed by atoms with Crippen LogP contribution in [0.1, 0.15) is 12.5 Å². The van der Waals surface area contributed by atoms with Gasteiger partial charge < -0.3 is 10.6 Å². The smallest absolute Gasteiger partial charge is 0.229 e. The Morgan fingerprint density at radius 1 is 1.15 bits per heavy atom. The molecule has 0 aliphatic heterocycles. The Kier molecular flexibility index (Phi) is 4.25. The van der Waals surface area contributed by atoms with Gasteiger partial charge >= 0.3 is 0 Å². The minimum absolute atomic E-state index is 0.101. The summed E-state index contributed by atoms with van der Waals surface area (Å²) in [7, 11) is 1.85. The second-order valence-corrected chi connectivity index (χ2v) is 6.18. The first-order valence-electron chi connectivity index (χ1n) is 8.37. The van der Waals surface area contributed by atoms with Crippen LogP contribution in [0.3, 0.4) is 0 Å². The molecule has 0 radical (unpaired) electrons. The predicted molar refractivity (Wildman–Crippen MR) is 102 cm³/mol. The molecule has 1 amide bonds. The van der Waals surface area contributed by atoms with Crippen LogP contribution in [-0.2, 0) is 18.4 Å². The van der Waals surface area contributed by atoms with E-state index in [9.17, 15) is 4.79 Å². The van der Waals surface area contributed by atoms with Crippen LogP contribution in [0.2, 0.25) is 0 Å². The first kappa shape index (κ1) is 16.7. The standard InChI is InChI=1S/C18H18N8O/c1-12(27)22-15-5-3-4-13(6-15)10-26-17-14(8-21-26)7-19-18(24-17)23-16-9-20-25(2)11-16/h3-9,11H,10H2,1-2H3,(H,22,27)(H,19,23,24).